The van der Waals surface area contributed by atoms with Crippen molar-refractivity contribution in [1.29, 1.82) is 0 Å². The molecule has 0 aromatic heterocycles. The van der Waals surface area contributed by atoms with Crippen LogP contribution in [0.4, 0.5) is 0 Å². The SMILES string of the molecule is CN1CCN(CCCCCC(=O)CCN(C)S(=O)(=O)c2cccc(Cl)c2Cl)CC1.CN1CCN(CCCCN2C(=O)c3ccccc3C2=O)CC1.CN1CCNCC1.O=C1c2ccccc2C(=O)N1CCCCBr. The number of hydrogen-bond donors (Lipinski definition) is 1. The molecule has 5 heterocycles. The molecule has 0 saturated carbocycles. The van der Waals surface area contributed by atoms with Crippen LogP contribution in [0.1, 0.15) is 99.2 Å². The summed E-state index contributed by atoms with van der Waals surface area (Å²) >= 11 is 15.3. The Morgan fingerprint density at radius 2 is 0.973 bits per heavy atom. The Bertz CT molecular complexity index is 2350. The van der Waals surface area contributed by atoms with Gasteiger partial charge in [0.2, 0.25) is 10.0 Å². The van der Waals surface area contributed by atoms with Crippen molar-refractivity contribution in [2.24, 2.45) is 0 Å². The summed E-state index contributed by atoms with van der Waals surface area (Å²) in [5.41, 5.74) is 2.16. The Labute approximate surface area is 458 Å². The van der Waals surface area contributed by atoms with Gasteiger partial charge in [0, 0.05) is 123 Å². The molecule has 5 aliphatic rings. The predicted octanol–water partition coefficient (Wildman–Crippen LogP) is 6.67. The smallest absolute Gasteiger partial charge is 0.261 e. The first-order valence-corrected chi connectivity index (χ1v) is 29.4. The van der Waals surface area contributed by atoms with E-state index in [0.29, 0.717) is 41.8 Å². The fourth-order valence-corrected chi connectivity index (χ4v) is 11.3. The van der Waals surface area contributed by atoms with Crippen molar-refractivity contribution in [3.05, 3.63) is 99.0 Å². The fourth-order valence-electron chi connectivity index (χ4n) is 8.99. The first-order chi connectivity index (χ1) is 35.5. The van der Waals surface area contributed by atoms with Crippen LogP contribution < -0.4 is 5.32 Å². The molecule has 3 aromatic rings. The number of nitrogens with zero attached hydrogens (tertiary/aromatic N) is 8. The Hall–Kier alpha value is -3.66. The van der Waals surface area contributed by atoms with Crippen LogP contribution in [0.5, 0.6) is 0 Å². The number of unbranched alkanes of at least 4 members (excludes halogenated alkanes) is 4. The van der Waals surface area contributed by atoms with Crippen LogP contribution >= 0.6 is 39.1 Å². The third-order valence-corrected chi connectivity index (χ3v) is 17.3. The molecule has 20 heteroatoms. The maximum absolute atomic E-state index is 12.7. The van der Waals surface area contributed by atoms with Crippen molar-refractivity contribution in [1.82, 2.24) is 43.9 Å². The topological polar surface area (TPSA) is 157 Å². The molecule has 4 amide bonds. The van der Waals surface area contributed by atoms with E-state index in [1.54, 1.807) is 54.6 Å². The molecule has 16 nitrogen and oxygen atoms in total. The van der Waals surface area contributed by atoms with Crippen molar-refractivity contribution >= 4 is 78.6 Å². The molecule has 0 radical (unpaired) electrons. The van der Waals surface area contributed by atoms with Crippen molar-refractivity contribution in [2.75, 3.05) is 145 Å². The molecule has 74 heavy (non-hydrogen) atoms. The number of carbonyl (C=O) groups excluding carboxylic acids is 5. The molecule has 0 spiro atoms. The van der Waals surface area contributed by atoms with Crippen molar-refractivity contribution in [2.45, 2.75) is 62.7 Å². The van der Waals surface area contributed by atoms with Crippen molar-refractivity contribution in [3.63, 3.8) is 0 Å². The zero-order valence-electron chi connectivity index (χ0n) is 43.9. The highest BCUT2D eigenvalue weighted by molar-refractivity contribution is 9.09. The summed E-state index contributed by atoms with van der Waals surface area (Å²) in [4.78, 5) is 75.0. The molecule has 0 atom stereocenters. The normalized spacial score (nSPS) is 17.8. The second-order valence-corrected chi connectivity index (χ2v) is 23.1. The van der Waals surface area contributed by atoms with Crippen LogP contribution in [0.15, 0.2) is 71.6 Å². The minimum Gasteiger partial charge on any atom is -0.314 e. The number of nitrogens with one attached hydrogen (secondary N) is 1. The molecule has 3 fully saturated rings. The molecule has 1 N–H and O–H groups in total. The van der Waals surface area contributed by atoms with Crippen molar-refractivity contribution in [3.8, 4) is 0 Å². The van der Waals surface area contributed by atoms with Crippen LogP contribution in [0, 0.1) is 0 Å². The standard InChI is InChI=1S/C20H31Cl2N3O3S.C17H23N3O2.C12H12BrNO2.C5H12N2/c1-23-13-15-25(16-14-23)11-5-3-4-7-17(26)10-12-24(2)29(27,28)19-9-6-8-18(21)20(19)22;1-18-10-12-19(13-11-18)8-4-5-9-20-16(21)14-6-2-3-7-15(14)17(20)22;13-7-3-4-8-14-11(15)9-5-1-2-6-10(9)12(14)16;1-7-4-2-6-3-5-7/h6,8-9H,3-5,7,10-16H2,1-2H3;2-3,6-7H,4-5,8-13H2,1H3;1-2,5-6H,3-4,7-8H2;6H,2-5H2,1H3. The number of amides is 4. The lowest BCUT2D eigenvalue weighted by molar-refractivity contribution is -0.119. The number of Topliss-reactive ketones (excluding diaryl/α,β-unsaturated/α-hetero) is 1. The Kier molecular flexibility index (Phi) is 26.1. The number of piperazine rings is 3. The van der Waals surface area contributed by atoms with Gasteiger partial charge in [0.1, 0.15) is 10.7 Å². The van der Waals surface area contributed by atoms with Gasteiger partial charge in [-0.3, -0.25) is 33.8 Å². The first-order valence-electron chi connectivity index (χ1n) is 26.1. The first kappa shape index (κ1) is 61.2. The summed E-state index contributed by atoms with van der Waals surface area (Å²) in [6, 6.07) is 18.6. The second kappa shape index (κ2) is 31.5. The second-order valence-electron chi connectivity index (χ2n) is 19.5. The highest BCUT2D eigenvalue weighted by Gasteiger charge is 2.35. The van der Waals surface area contributed by atoms with Gasteiger partial charge in [0.05, 0.1) is 32.3 Å². The molecule has 408 valence electrons. The quantitative estimate of drug-likeness (QED) is 0.0728. The zero-order chi connectivity index (χ0) is 53.6. The number of hydrogen-bond acceptors (Lipinski definition) is 13. The van der Waals surface area contributed by atoms with Gasteiger partial charge in [-0.1, -0.05) is 75.9 Å². The highest BCUT2D eigenvalue weighted by Crippen LogP contribution is 2.31. The van der Waals surface area contributed by atoms with E-state index in [4.69, 9.17) is 23.2 Å². The third-order valence-electron chi connectivity index (χ3n) is 13.9. The molecular weight excluding hydrogens is 1070 g/mol. The lowest BCUT2D eigenvalue weighted by atomic mass is 10.1. The number of carbonyl (C=O) groups is 5. The van der Waals surface area contributed by atoms with Crippen LogP contribution in [0.3, 0.4) is 0 Å². The van der Waals surface area contributed by atoms with Crippen LogP contribution in [-0.4, -0.2) is 221 Å². The summed E-state index contributed by atoms with van der Waals surface area (Å²) in [5, 5.41) is 4.37. The van der Waals surface area contributed by atoms with Gasteiger partial charge in [0.15, 0.2) is 0 Å². The van der Waals surface area contributed by atoms with Gasteiger partial charge in [-0.15, -0.1) is 0 Å². The van der Waals surface area contributed by atoms with E-state index >= 15 is 0 Å². The summed E-state index contributed by atoms with van der Waals surface area (Å²) in [5.74, 6) is -0.505. The number of rotatable bonds is 20. The number of benzene rings is 3. The lowest BCUT2D eigenvalue weighted by Crippen LogP contribution is -2.44. The van der Waals surface area contributed by atoms with E-state index < -0.39 is 10.0 Å². The Balaban J connectivity index is 0.000000198. The van der Waals surface area contributed by atoms with Gasteiger partial charge >= 0.3 is 0 Å². The number of halogens is 3. The number of ketones is 1. The van der Waals surface area contributed by atoms with E-state index in [2.05, 4.69) is 66.9 Å². The summed E-state index contributed by atoms with van der Waals surface area (Å²) in [6.07, 6.45) is 7.37. The molecule has 0 unspecified atom stereocenters. The maximum atomic E-state index is 12.7. The Morgan fingerprint density at radius 1 is 0.554 bits per heavy atom. The van der Waals surface area contributed by atoms with Crippen LogP contribution in [-0.2, 0) is 14.8 Å². The van der Waals surface area contributed by atoms with E-state index in [1.165, 1.54) is 42.1 Å². The average molecular weight is 1150 g/mol. The summed E-state index contributed by atoms with van der Waals surface area (Å²) in [6.45, 7) is 17.0. The maximum Gasteiger partial charge on any atom is 0.261 e. The van der Waals surface area contributed by atoms with E-state index in [0.717, 1.165) is 133 Å². The molecule has 3 aromatic carbocycles. The van der Waals surface area contributed by atoms with Gasteiger partial charge in [-0.2, -0.15) is 0 Å². The number of imide groups is 2. The van der Waals surface area contributed by atoms with Gasteiger partial charge in [0.25, 0.3) is 23.6 Å². The molecule has 0 bridgehead atoms. The minimum atomic E-state index is -3.78. The van der Waals surface area contributed by atoms with E-state index in [9.17, 15) is 32.4 Å². The monoisotopic (exact) mass is 1150 g/mol. The third kappa shape index (κ3) is 18.5. The predicted molar refractivity (Wildman–Crippen MR) is 298 cm³/mol. The average Bonchev–Trinajstić information content (AvgIpc) is 3.79. The molecule has 3 saturated heterocycles. The van der Waals surface area contributed by atoms with Gasteiger partial charge in [-0.05, 0) is 109 Å². The molecule has 8 rings (SSSR count). The molecule has 0 aliphatic carbocycles. The Morgan fingerprint density at radius 3 is 1.41 bits per heavy atom. The zero-order valence-corrected chi connectivity index (χ0v) is 47.8. The fraction of sp³-hybridized carbons (Fsp3) is 0.574. The number of alkyl halides is 1. The minimum absolute atomic E-state index is 0.00712. The number of sulfonamides is 1. The summed E-state index contributed by atoms with van der Waals surface area (Å²) in [7, 11) is 4.13. The van der Waals surface area contributed by atoms with E-state index in [-0.39, 0.29) is 57.3 Å². The van der Waals surface area contributed by atoms with Gasteiger partial charge < -0.3 is 29.8 Å². The summed E-state index contributed by atoms with van der Waals surface area (Å²) < 4.78 is 26.5. The van der Waals surface area contributed by atoms with Crippen molar-refractivity contribution < 1.29 is 32.4 Å². The van der Waals surface area contributed by atoms with Gasteiger partial charge in [-0.25, -0.2) is 12.7 Å². The molecular formula is C54H78BrCl2N9O7S. The van der Waals surface area contributed by atoms with Crippen LogP contribution in [0.25, 0.3) is 0 Å². The molecule has 5 aliphatic heterocycles. The largest absolute Gasteiger partial charge is 0.314 e. The number of fused-ring (bicyclic) bond motifs is 2. The highest BCUT2D eigenvalue weighted by atomic mass is 79.9. The lowest BCUT2D eigenvalue weighted by Gasteiger charge is -2.32. The van der Waals surface area contributed by atoms with E-state index in [1.807, 2.05) is 0 Å². The van der Waals surface area contributed by atoms with Crippen LogP contribution in [0.2, 0.25) is 10.0 Å². The number of likely N-dealkylation sites (N-methyl/N-ethyl adjacent to an activating group) is 3.